The summed E-state index contributed by atoms with van der Waals surface area (Å²) in [4.78, 5) is 22.8. The van der Waals surface area contributed by atoms with Gasteiger partial charge in [-0.25, -0.2) is 4.39 Å². The van der Waals surface area contributed by atoms with E-state index in [9.17, 15) is 14.0 Å². The van der Waals surface area contributed by atoms with Gasteiger partial charge in [-0.05, 0) is 13.0 Å². The average Bonchev–Trinajstić information content (AvgIpc) is 2.42. The number of hydrogen-bond donors (Lipinski definition) is 0. The van der Waals surface area contributed by atoms with Crippen LogP contribution in [0.4, 0.5) is 4.39 Å². The van der Waals surface area contributed by atoms with Gasteiger partial charge in [0.25, 0.3) is 5.56 Å². The maximum Gasteiger partial charge on any atom is 0.326 e. The fraction of sp³-hybridized carbons (Fsp3) is 0.538. The lowest BCUT2D eigenvalue weighted by atomic mass is 10.4. The molecule has 0 N–H and O–H groups in total. The molecule has 112 valence electrons. The molecule has 1 heterocycles. The predicted molar refractivity (Wildman–Crippen MR) is 68.9 cm³/mol. The predicted octanol–water partition coefficient (Wildman–Crippen LogP) is 0.584. The van der Waals surface area contributed by atoms with Crippen molar-refractivity contribution in [2.24, 2.45) is 0 Å². The molecule has 0 radical (unpaired) electrons. The van der Waals surface area contributed by atoms with Gasteiger partial charge in [-0.2, -0.15) is 0 Å². The lowest BCUT2D eigenvalue weighted by Gasteiger charge is -2.07. The summed E-state index contributed by atoms with van der Waals surface area (Å²) in [6.45, 7) is 3.43. The number of nitrogens with zero attached hydrogens (tertiary/aromatic N) is 1. The van der Waals surface area contributed by atoms with Crippen molar-refractivity contribution >= 4 is 5.97 Å². The Morgan fingerprint density at radius 2 is 1.90 bits per heavy atom. The molecule has 0 bridgehead atoms. The van der Waals surface area contributed by atoms with Crippen LogP contribution in [0.5, 0.6) is 0 Å². The minimum Gasteiger partial charge on any atom is -0.462 e. The van der Waals surface area contributed by atoms with Crippen molar-refractivity contribution in [1.82, 2.24) is 4.57 Å². The van der Waals surface area contributed by atoms with Crippen LogP contribution in [0, 0.1) is 5.82 Å². The zero-order valence-electron chi connectivity index (χ0n) is 11.3. The highest BCUT2D eigenvalue weighted by molar-refractivity contribution is 5.69. The van der Waals surface area contributed by atoms with Crippen LogP contribution in [0.1, 0.15) is 6.92 Å². The first kappa shape index (κ1) is 16.3. The molecule has 0 saturated carbocycles. The van der Waals surface area contributed by atoms with Gasteiger partial charge in [-0.3, -0.25) is 9.59 Å². The van der Waals surface area contributed by atoms with E-state index in [1.54, 1.807) is 0 Å². The first-order chi connectivity index (χ1) is 9.63. The number of halogens is 1. The smallest absolute Gasteiger partial charge is 0.326 e. The Morgan fingerprint density at radius 3 is 2.65 bits per heavy atom. The number of aromatic nitrogens is 1. The molecule has 6 nitrogen and oxygen atoms in total. The van der Waals surface area contributed by atoms with Gasteiger partial charge >= 0.3 is 5.97 Å². The zero-order valence-corrected chi connectivity index (χ0v) is 11.3. The molecule has 1 aromatic heterocycles. The van der Waals surface area contributed by atoms with Crippen molar-refractivity contribution in [2.75, 3.05) is 33.0 Å². The van der Waals surface area contributed by atoms with Gasteiger partial charge in [0.2, 0.25) is 0 Å². The fourth-order valence-corrected chi connectivity index (χ4v) is 1.39. The summed E-state index contributed by atoms with van der Waals surface area (Å²) >= 11 is 0. The van der Waals surface area contributed by atoms with Crippen LogP contribution in [0.25, 0.3) is 0 Å². The van der Waals surface area contributed by atoms with Gasteiger partial charge in [0.05, 0.1) is 19.8 Å². The van der Waals surface area contributed by atoms with Crippen LogP contribution < -0.4 is 5.56 Å². The highest BCUT2D eigenvalue weighted by Gasteiger charge is 2.06. The minimum atomic E-state index is -0.619. The molecule has 1 rings (SSSR count). The molecule has 20 heavy (non-hydrogen) atoms. The van der Waals surface area contributed by atoms with Gasteiger partial charge in [-0.15, -0.1) is 0 Å². The van der Waals surface area contributed by atoms with E-state index in [0.29, 0.717) is 19.8 Å². The number of rotatable bonds is 9. The highest BCUT2D eigenvalue weighted by Crippen LogP contribution is 1.93. The summed E-state index contributed by atoms with van der Waals surface area (Å²) in [6.07, 6.45) is 0.960. The Labute approximate surface area is 116 Å². The topological polar surface area (TPSA) is 66.8 Å². The lowest BCUT2D eigenvalue weighted by Crippen LogP contribution is -2.25. The third-order valence-corrected chi connectivity index (χ3v) is 2.31. The molecule has 0 aromatic carbocycles. The number of hydrogen-bond acceptors (Lipinski definition) is 5. The van der Waals surface area contributed by atoms with Crippen molar-refractivity contribution in [3.8, 4) is 0 Å². The summed E-state index contributed by atoms with van der Waals surface area (Å²) < 4.78 is 28.9. The molecule has 0 aliphatic carbocycles. The summed E-state index contributed by atoms with van der Waals surface area (Å²) in [5.41, 5.74) is -0.462. The molecule has 0 atom stereocenters. The van der Waals surface area contributed by atoms with Gasteiger partial charge in [0.15, 0.2) is 0 Å². The second-order valence-electron chi connectivity index (χ2n) is 3.84. The first-order valence-corrected chi connectivity index (χ1v) is 6.30. The second-order valence-corrected chi connectivity index (χ2v) is 3.84. The Balaban J connectivity index is 2.20. The van der Waals surface area contributed by atoms with Crippen LogP contribution in [0.3, 0.4) is 0 Å². The SMILES string of the molecule is CCOCCOCCOC(=O)Cn1cc(F)ccc1=O. The normalized spacial score (nSPS) is 10.5. The number of ether oxygens (including phenoxy) is 3. The van der Waals surface area contributed by atoms with Gasteiger partial charge < -0.3 is 18.8 Å². The highest BCUT2D eigenvalue weighted by atomic mass is 19.1. The van der Waals surface area contributed by atoms with Crippen molar-refractivity contribution in [1.29, 1.82) is 0 Å². The molecule has 0 spiro atoms. The fourth-order valence-electron chi connectivity index (χ4n) is 1.39. The molecular formula is C13H18FNO5. The number of esters is 1. The summed E-state index contributed by atoms with van der Waals surface area (Å²) in [7, 11) is 0. The third kappa shape index (κ3) is 6.44. The van der Waals surface area contributed by atoms with E-state index in [-0.39, 0.29) is 19.8 Å². The summed E-state index contributed by atoms with van der Waals surface area (Å²) in [5, 5.41) is 0. The monoisotopic (exact) mass is 287 g/mol. The molecule has 0 amide bonds. The minimum absolute atomic E-state index is 0.0784. The van der Waals surface area contributed by atoms with Crippen LogP contribution in [-0.4, -0.2) is 43.6 Å². The maximum atomic E-state index is 12.9. The van der Waals surface area contributed by atoms with Crippen molar-refractivity contribution in [3.63, 3.8) is 0 Å². The molecule has 0 fully saturated rings. The number of pyridine rings is 1. The average molecular weight is 287 g/mol. The van der Waals surface area contributed by atoms with E-state index in [2.05, 4.69) is 0 Å². The molecule has 0 saturated heterocycles. The van der Waals surface area contributed by atoms with E-state index in [4.69, 9.17) is 14.2 Å². The van der Waals surface area contributed by atoms with Crippen molar-refractivity contribution in [2.45, 2.75) is 13.5 Å². The Kier molecular flexibility index (Phi) is 7.52. The van der Waals surface area contributed by atoms with Crippen LogP contribution in [0.2, 0.25) is 0 Å². The summed E-state index contributed by atoms with van der Waals surface area (Å²) in [5.74, 6) is -1.21. The first-order valence-electron chi connectivity index (χ1n) is 6.30. The van der Waals surface area contributed by atoms with Gasteiger partial charge in [-0.1, -0.05) is 0 Å². The Morgan fingerprint density at radius 1 is 1.20 bits per heavy atom. The quantitative estimate of drug-likeness (QED) is 0.491. The van der Waals surface area contributed by atoms with E-state index in [1.807, 2.05) is 6.92 Å². The zero-order chi connectivity index (χ0) is 14.8. The largest absolute Gasteiger partial charge is 0.462 e. The molecular weight excluding hydrogens is 269 g/mol. The van der Waals surface area contributed by atoms with E-state index in [0.717, 1.165) is 22.9 Å². The van der Waals surface area contributed by atoms with Crippen molar-refractivity contribution in [3.05, 3.63) is 34.5 Å². The third-order valence-electron chi connectivity index (χ3n) is 2.31. The summed E-state index contributed by atoms with van der Waals surface area (Å²) in [6, 6.07) is 2.09. The molecule has 1 aromatic rings. The molecule has 0 aliphatic rings. The Hall–Kier alpha value is -1.73. The number of carbonyl (C=O) groups is 1. The second kappa shape index (κ2) is 9.22. The molecule has 0 unspecified atom stereocenters. The van der Waals surface area contributed by atoms with Crippen molar-refractivity contribution < 1.29 is 23.4 Å². The van der Waals surface area contributed by atoms with Crippen LogP contribution in [-0.2, 0) is 25.5 Å². The molecule has 7 heteroatoms. The van der Waals surface area contributed by atoms with Gasteiger partial charge in [0, 0.05) is 18.9 Å². The van der Waals surface area contributed by atoms with Crippen LogP contribution in [0.15, 0.2) is 23.1 Å². The lowest BCUT2D eigenvalue weighted by molar-refractivity contribution is -0.146. The van der Waals surface area contributed by atoms with Gasteiger partial charge in [0.1, 0.15) is 19.0 Å². The van der Waals surface area contributed by atoms with E-state index >= 15 is 0 Å². The molecule has 0 aliphatic heterocycles. The van der Waals surface area contributed by atoms with E-state index in [1.165, 1.54) is 0 Å². The van der Waals surface area contributed by atoms with E-state index < -0.39 is 17.3 Å². The number of carbonyl (C=O) groups excluding carboxylic acids is 1. The maximum absolute atomic E-state index is 12.9. The Bertz CT molecular complexity index is 474. The van der Waals surface area contributed by atoms with Crippen LogP contribution >= 0.6 is 0 Å². The standard InChI is InChI=1S/C13H18FNO5/c1-2-18-5-6-19-7-8-20-13(17)10-15-9-11(14)3-4-12(15)16/h3-4,9H,2,5-8,10H2,1H3.